The van der Waals surface area contributed by atoms with Gasteiger partial charge in [-0.05, 0) is 52.3 Å². The lowest BCUT2D eigenvalue weighted by molar-refractivity contribution is 0.601. The highest BCUT2D eigenvalue weighted by Gasteiger charge is 2.25. The molecule has 0 saturated carbocycles. The Hall–Kier alpha value is -3.38. The first kappa shape index (κ1) is 21.5. The molecular formula is C27H26N2O3S. The van der Waals surface area contributed by atoms with Gasteiger partial charge in [0.1, 0.15) is 0 Å². The summed E-state index contributed by atoms with van der Waals surface area (Å²) in [6.45, 7) is 1.61. The smallest absolute Gasteiger partial charge is 0.258 e. The molecule has 0 atom stereocenters. The zero-order valence-corrected chi connectivity index (χ0v) is 19.6. The van der Waals surface area contributed by atoms with Crippen molar-refractivity contribution in [2.45, 2.75) is 18.7 Å². The molecule has 0 fully saturated rings. The van der Waals surface area contributed by atoms with Crippen LogP contribution >= 0.6 is 0 Å². The summed E-state index contributed by atoms with van der Waals surface area (Å²) in [5.74, 6) is 0.00600. The molecule has 0 radical (unpaired) electrons. The lowest BCUT2D eigenvalue weighted by Gasteiger charge is -2.22. The molecule has 5 nitrogen and oxygen atoms in total. The quantitative estimate of drug-likeness (QED) is 0.447. The maximum atomic E-state index is 12.7. The summed E-state index contributed by atoms with van der Waals surface area (Å²) in [5.41, 5.74) is 6.06. The van der Waals surface area contributed by atoms with Crippen molar-refractivity contribution in [3.63, 3.8) is 0 Å². The highest BCUT2D eigenvalue weighted by molar-refractivity contribution is 7.89. The van der Waals surface area contributed by atoms with Crippen LogP contribution in [-0.2, 0) is 35.6 Å². The molecule has 0 amide bonds. The molecule has 0 saturated heterocycles. The number of fused-ring (bicyclic) bond motifs is 2. The van der Waals surface area contributed by atoms with Gasteiger partial charge in [-0.3, -0.25) is 4.79 Å². The number of aryl methyl sites for hydroxylation is 1. The number of hydrogen-bond acceptors (Lipinski definition) is 4. The Balaban J connectivity index is 1.71. The number of hydrogen-bond donors (Lipinski definition) is 0. The molecule has 0 unspecified atom stereocenters. The molecule has 0 aliphatic carbocycles. The highest BCUT2D eigenvalue weighted by Crippen LogP contribution is 2.38. The van der Waals surface area contributed by atoms with Crippen molar-refractivity contribution < 1.29 is 8.42 Å². The third kappa shape index (κ3) is 4.18. The van der Waals surface area contributed by atoms with E-state index in [1.165, 1.54) is 11.8 Å². The number of sulfone groups is 1. The van der Waals surface area contributed by atoms with Crippen LogP contribution in [0.15, 0.2) is 77.7 Å². The van der Waals surface area contributed by atoms with E-state index in [9.17, 15) is 13.2 Å². The zero-order chi connectivity index (χ0) is 23.2. The highest BCUT2D eigenvalue weighted by atomic mass is 32.2. The van der Waals surface area contributed by atoms with Crippen LogP contribution in [-0.4, -0.2) is 25.8 Å². The first-order valence-corrected chi connectivity index (χ1v) is 13.1. The number of aromatic nitrogens is 1. The van der Waals surface area contributed by atoms with Gasteiger partial charge in [0.2, 0.25) is 0 Å². The molecule has 6 heteroatoms. The van der Waals surface area contributed by atoms with Gasteiger partial charge < -0.3 is 9.47 Å². The van der Waals surface area contributed by atoms with Crippen molar-refractivity contribution in [1.82, 2.24) is 4.57 Å². The van der Waals surface area contributed by atoms with E-state index in [0.717, 1.165) is 52.8 Å². The maximum absolute atomic E-state index is 12.7. The fraction of sp³-hybridized carbons (Fsp3) is 0.222. The largest absolute Gasteiger partial charge is 0.367 e. The Morgan fingerprint density at radius 3 is 2.36 bits per heavy atom. The molecule has 0 bridgehead atoms. The second kappa shape index (κ2) is 8.19. The Morgan fingerprint density at radius 2 is 1.64 bits per heavy atom. The van der Waals surface area contributed by atoms with Crippen molar-refractivity contribution in [3.8, 4) is 11.1 Å². The van der Waals surface area contributed by atoms with Gasteiger partial charge in [-0.2, -0.15) is 0 Å². The number of pyridine rings is 1. The summed E-state index contributed by atoms with van der Waals surface area (Å²) in [6.07, 6.45) is 3.96. The van der Waals surface area contributed by atoms with Crippen LogP contribution in [0.2, 0.25) is 0 Å². The minimum atomic E-state index is -3.21. The van der Waals surface area contributed by atoms with Crippen molar-refractivity contribution in [1.29, 1.82) is 0 Å². The standard InChI is InChI=1S/C27H26N2O3S/c1-28-17-25(23-10-6-7-11-24(23)27(28)30)20-14-21(18-33(2,31)32)22-12-13-29(26(22)15-20)16-19-8-4-3-5-9-19/h3-11,14-15,17H,12-13,16,18H2,1-2H3. The Labute approximate surface area is 193 Å². The van der Waals surface area contributed by atoms with Crippen molar-refractivity contribution in [2.24, 2.45) is 7.05 Å². The third-order valence-electron chi connectivity index (χ3n) is 6.33. The summed E-state index contributed by atoms with van der Waals surface area (Å²) >= 11 is 0. The monoisotopic (exact) mass is 458 g/mol. The SMILES string of the molecule is Cn1cc(-c2cc(CS(C)(=O)=O)c3c(c2)N(Cc2ccccc2)CC3)c2ccccc2c1=O. The van der Waals surface area contributed by atoms with Gasteiger partial charge in [0.25, 0.3) is 5.56 Å². The van der Waals surface area contributed by atoms with Gasteiger partial charge in [-0.1, -0.05) is 48.5 Å². The first-order chi connectivity index (χ1) is 15.8. The number of rotatable bonds is 5. The summed E-state index contributed by atoms with van der Waals surface area (Å²) in [4.78, 5) is 15.0. The molecule has 3 aromatic carbocycles. The van der Waals surface area contributed by atoms with E-state index >= 15 is 0 Å². The Kier molecular flexibility index (Phi) is 5.33. The van der Waals surface area contributed by atoms with E-state index in [2.05, 4.69) is 23.1 Å². The molecule has 2 heterocycles. The zero-order valence-electron chi connectivity index (χ0n) is 18.8. The molecule has 1 aliphatic rings. The van der Waals surface area contributed by atoms with Gasteiger partial charge in [0.05, 0.1) is 5.75 Å². The predicted molar refractivity (Wildman–Crippen MR) is 134 cm³/mol. The molecule has 33 heavy (non-hydrogen) atoms. The van der Waals surface area contributed by atoms with Crippen LogP contribution in [0.3, 0.4) is 0 Å². The van der Waals surface area contributed by atoms with Crippen LogP contribution in [0.5, 0.6) is 0 Å². The van der Waals surface area contributed by atoms with E-state index in [1.54, 1.807) is 11.6 Å². The van der Waals surface area contributed by atoms with E-state index < -0.39 is 9.84 Å². The molecular weight excluding hydrogens is 432 g/mol. The maximum Gasteiger partial charge on any atom is 0.258 e. The van der Waals surface area contributed by atoms with Gasteiger partial charge in [-0.15, -0.1) is 0 Å². The summed E-state index contributed by atoms with van der Waals surface area (Å²) < 4.78 is 26.1. The fourth-order valence-electron chi connectivity index (χ4n) is 4.83. The average Bonchev–Trinajstić information content (AvgIpc) is 3.19. The molecule has 1 aliphatic heterocycles. The number of nitrogens with zero attached hydrogens (tertiary/aromatic N) is 2. The molecule has 1 aromatic heterocycles. The van der Waals surface area contributed by atoms with E-state index in [4.69, 9.17) is 0 Å². The van der Waals surface area contributed by atoms with Crippen LogP contribution in [0.4, 0.5) is 5.69 Å². The average molecular weight is 459 g/mol. The van der Waals surface area contributed by atoms with Crippen LogP contribution in [0.25, 0.3) is 21.9 Å². The summed E-state index contributed by atoms with van der Waals surface area (Å²) in [6, 6.07) is 22.0. The van der Waals surface area contributed by atoms with Crippen molar-refractivity contribution in [3.05, 3.63) is 100.0 Å². The molecule has 0 spiro atoms. The first-order valence-electron chi connectivity index (χ1n) is 11.0. The van der Waals surface area contributed by atoms with E-state index in [-0.39, 0.29) is 11.3 Å². The minimum absolute atomic E-state index is 0.00600. The van der Waals surface area contributed by atoms with Gasteiger partial charge in [-0.25, -0.2) is 8.42 Å². The fourth-order valence-corrected chi connectivity index (χ4v) is 5.66. The van der Waals surface area contributed by atoms with Gasteiger partial charge >= 0.3 is 0 Å². The molecule has 5 rings (SSSR count). The third-order valence-corrected chi connectivity index (χ3v) is 7.16. The van der Waals surface area contributed by atoms with Gasteiger partial charge in [0.15, 0.2) is 9.84 Å². The molecule has 0 N–H and O–H groups in total. The second-order valence-electron chi connectivity index (χ2n) is 8.86. The van der Waals surface area contributed by atoms with Crippen molar-refractivity contribution >= 4 is 26.3 Å². The Morgan fingerprint density at radius 1 is 0.939 bits per heavy atom. The lowest BCUT2D eigenvalue weighted by atomic mass is 9.95. The minimum Gasteiger partial charge on any atom is -0.367 e. The number of benzene rings is 3. The normalized spacial score (nSPS) is 13.5. The van der Waals surface area contributed by atoms with Crippen LogP contribution < -0.4 is 10.5 Å². The van der Waals surface area contributed by atoms with Crippen molar-refractivity contribution in [2.75, 3.05) is 17.7 Å². The van der Waals surface area contributed by atoms with E-state index in [1.807, 2.05) is 54.7 Å². The Bertz CT molecular complexity index is 1520. The second-order valence-corrected chi connectivity index (χ2v) is 11.0. The van der Waals surface area contributed by atoms with E-state index in [0.29, 0.717) is 5.39 Å². The summed E-state index contributed by atoms with van der Waals surface area (Å²) in [7, 11) is -1.45. The van der Waals surface area contributed by atoms with Crippen LogP contribution in [0.1, 0.15) is 16.7 Å². The lowest BCUT2D eigenvalue weighted by Crippen LogP contribution is -2.19. The summed E-state index contributed by atoms with van der Waals surface area (Å²) in [5, 5.41) is 1.53. The topological polar surface area (TPSA) is 59.4 Å². The van der Waals surface area contributed by atoms with Gasteiger partial charge in [0, 0.05) is 49.2 Å². The molecule has 4 aromatic rings. The predicted octanol–water partition coefficient (Wildman–Crippen LogP) is 4.31. The molecule has 168 valence electrons. The number of anilines is 1. The van der Waals surface area contributed by atoms with Crippen LogP contribution in [0, 0.1) is 0 Å².